The molecule has 0 atom stereocenters. The number of aromatic nitrogens is 3. The number of likely N-dealkylation sites (tertiary alicyclic amines) is 1. The molecular weight excluding hydrogens is 373 g/mol. The zero-order valence-corrected chi connectivity index (χ0v) is 15.9. The van der Waals surface area contributed by atoms with Gasteiger partial charge in [0.25, 0.3) is 11.8 Å². The van der Waals surface area contributed by atoms with Gasteiger partial charge in [-0.2, -0.15) is 0 Å². The van der Waals surface area contributed by atoms with E-state index < -0.39 is 30.0 Å². The summed E-state index contributed by atoms with van der Waals surface area (Å²) in [6.07, 6.45) is 2.27. The first-order valence-corrected chi connectivity index (χ1v) is 9.15. The highest BCUT2D eigenvalue weighted by Crippen LogP contribution is 2.29. The summed E-state index contributed by atoms with van der Waals surface area (Å²) in [5.41, 5.74) is 3.18. The molecule has 2 aliphatic heterocycles. The largest absolute Gasteiger partial charge is 0.350 e. The molecule has 2 aromatic rings. The van der Waals surface area contributed by atoms with E-state index in [2.05, 4.69) is 15.2 Å². The number of hydrogen-bond acceptors (Lipinski definition) is 5. The van der Waals surface area contributed by atoms with Gasteiger partial charge in [0.15, 0.2) is 11.5 Å². The minimum absolute atomic E-state index is 0.0577. The monoisotopic (exact) mass is 389 g/mol. The van der Waals surface area contributed by atoms with E-state index in [4.69, 9.17) is 23.5 Å². The minimum atomic E-state index is -2.82. The van der Waals surface area contributed by atoms with Gasteiger partial charge in [-0.3, -0.25) is 9.78 Å². The average molecular weight is 389 g/mol. The van der Waals surface area contributed by atoms with Crippen molar-refractivity contribution in [3.05, 3.63) is 46.4 Å². The Hall–Kier alpha value is -2.45. The Morgan fingerprint density at radius 3 is 2.55 bits per heavy atom. The molecular formula is C18H16B3F2N5O. The van der Waals surface area contributed by atoms with Crippen LogP contribution in [0.2, 0.25) is 0 Å². The number of carbonyl (C=O) groups is 1. The number of carbonyl (C=O) groups excluding carboxylic acids is 1. The minimum Gasteiger partial charge on any atom is -0.350 e. The summed E-state index contributed by atoms with van der Waals surface area (Å²) in [6, 6.07) is 3.41. The van der Waals surface area contributed by atoms with Crippen molar-refractivity contribution in [1.29, 1.82) is 0 Å². The van der Waals surface area contributed by atoms with E-state index in [1.165, 1.54) is 0 Å². The summed E-state index contributed by atoms with van der Waals surface area (Å²) in [6.45, 7) is 1.81. The van der Waals surface area contributed by atoms with Crippen LogP contribution in [0.15, 0.2) is 18.3 Å². The summed E-state index contributed by atoms with van der Waals surface area (Å²) in [5, 5.41) is 6.69. The molecule has 0 N–H and O–H groups in total. The number of anilines is 1. The molecule has 29 heavy (non-hydrogen) atoms. The van der Waals surface area contributed by atoms with Crippen molar-refractivity contribution in [2.45, 2.75) is 30.9 Å². The number of fused-ring (bicyclic) bond motifs is 1. The molecule has 0 aromatic carbocycles. The molecule has 0 unspecified atom stereocenters. The van der Waals surface area contributed by atoms with Crippen LogP contribution in [0.4, 0.5) is 14.6 Å². The maximum absolute atomic E-state index is 13.0. The normalized spacial score (nSPS) is 18.2. The van der Waals surface area contributed by atoms with Crippen LogP contribution in [0.3, 0.4) is 0 Å². The van der Waals surface area contributed by atoms with Gasteiger partial charge >= 0.3 is 0 Å². The van der Waals surface area contributed by atoms with Gasteiger partial charge in [0.2, 0.25) is 0 Å². The van der Waals surface area contributed by atoms with Gasteiger partial charge in [-0.25, -0.2) is 8.78 Å². The predicted molar refractivity (Wildman–Crippen MR) is 106 cm³/mol. The molecule has 2 aliphatic rings. The van der Waals surface area contributed by atoms with Crippen LogP contribution >= 0.6 is 0 Å². The van der Waals surface area contributed by atoms with E-state index in [0.29, 0.717) is 30.9 Å². The van der Waals surface area contributed by atoms with E-state index in [1.54, 1.807) is 19.2 Å². The Morgan fingerprint density at radius 2 is 1.93 bits per heavy atom. The molecule has 142 valence electrons. The van der Waals surface area contributed by atoms with Gasteiger partial charge in [0, 0.05) is 31.4 Å². The van der Waals surface area contributed by atoms with Crippen LogP contribution in [0.5, 0.6) is 0 Å². The number of aryl methyl sites for hydroxylation is 1. The highest BCUT2D eigenvalue weighted by Gasteiger charge is 2.46. The van der Waals surface area contributed by atoms with Crippen molar-refractivity contribution >= 4 is 35.3 Å². The fraction of sp³-hybridized carbons (Fsp3) is 0.444. The third kappa shape index (κ3) is 3.87. The maximum atomic E-state index is 13.0. The average Bonchev–Trinajstić information content (AvgIpc) is 2.63. The number of hydrogen-bond donors (Lipinski definition) is 0. The highest BCUT2D eigenvalue weighted by molar-refractivity contribution is 6.58. The van der Waals surface area contributed by atoms with Crippen LogP contribution in [0.25, 0.3) is 0 Å². The SMILES string of the molecule is [B]C([B])([B])c1cnc2c(c1)CN(c1nnc(C(=O)N3CC(F)(F)C3)cc1C)CC2. The number of pyridine rings is 1. The first kappa shape index (κ1) is 19.9. The van der Waals surface area contributed by atoms with Crippen LogP contribution in [0, 0.1) is 6.92 Å². The van der Waals surface area contributed by atoms with Crippen molar-refractivity contribution in [3.8, 4) is 0 Å². The molecule has 4 rings (SSSR count). The Kier molecular flexibility index (Phi) is 4.66. The van der Waals surface area contributed by atoms with E-state index in [1.807, 2.05) is 11.0 Å². The standard InChI is InChI=1S/C18H16B3F2N5O/c1-10-4-14(16(29)28-8-17(22,23)9-28)25-26-15(10)27-3-2-13-11(7-27)5-12(6-24-13)18(19,20)21/h4-6H,2-3,7-9H2,1H3. The van der Waals surface area contributed by atoms with Gasteiger partial charge in [-0.1, -0.05) is 6.07 Å². The number of halogens is 2. The zero-order valence-electron chi connectivity index (χ0n) is 15.9. The molecule has 0 bridgehead atoms. The molecule has 0 spiro atoms. The van der Waals surface area contributed by atoms with E-state index in [9.17, 15) is 13.6 Å². The van der Waals surface area contributed by atoms with Gasteiger partial charge in [0.05, 0.1) is 36.6 Å². The van der Waals surface area contributed by atoms with E-state index in [-0.39, 0.29) is 5.69 Å². The van der Waals surface area contributed by atoms with Crippen molar-refractivity contribution in [2.75, 3.05) is 24.5 Å². The van der Waals surface area contributed by atoms with E-state index in [0.717, 1.165) is 21.7 Å². The molecule has 0 aliphatic carbocycles. The highest BCUT2D eigenvalue weighted by atomic mass is 19.3. The Labute approximate surface area is 171 Å². The third-order valence-corrected chi connectivity index (χ3v) is 5.15. The second-order valence-electron chi connectivity index (χ2n) is 7.69. The number of alkyl halides is 2. The molecule has 1 fully saturated rings. The summed E-state index contributed by atoms with van der Waals surface area (Å²) in [5.74, 6) is -2.74. The lowest BCUT2D eigenvalue weighted by Crippen LogP contribution is -2.58. The van der Waals surface area contributed by atoms with Crippen LogP contribution in [-0.2, 0) is 18.1 Å². The quantitative estimate of drug-likeness (QED) is 0.714. The Balaban J connectivity index is 1.53. The summed E-state index contributed by atoms with van der Waals surface area (Å²) < 4.78 is 26.0. The van der Waals surface area contributed by atoms with Crippen LogP contribution in [0.1, 0.15) is 32.9 Å². The second-order valence-corrected chi connectivity index (χ2v) is 7.69. The lowest BCUT2D eigenvalue weighted by Gasteiger charge is -2.38. The molecule has 4 heterocycles. The number of amides is 1. The van der Waals surface area contributed by atoms with Gasteiger partial charge < -0.3 is 9.80 Å². The van der Waals surface area contributed by atoms with Crippen molar-refractivity contribution < 1.29 is 13.6 Å². The van der Waals surface area contributed by atoms with Crippen molar-refractivity contribution in [1.82, 2.24) is 20.1 Å². The third-order valence-electron chi connectivity index (χ3n) is 5.15. The van der Waals surface area contributed by atoms with Crippen LogP contribution < -0.4 is 4.90 Å². The zero-order chi connectivity index (χ0) is 21.0. The smallest absolute Gasteiger partial charge is 0.282 e. The first-order valence-electron chi connectivity index (χ1n) is 9.15. The first-order chi connectivity index (χ1) is 13.5. The van der Waals surface area contributed by atoms with Gasteiger partial charge in [-0.05, 0) is 29.7 Å². The fourth-order valence-electron chi connectivity index (χ4n) is 3.56. The molecule has 1 saturated heterocycles. The number of rotatable bonds is 3. The lowest BCUT2D eigenvalue weighted by molar-refractivity contribution is -0.113. The molecule has 0 saturated carbocycles. The second kappa shape index (κ2) is 6.81. The summed E-state index contributed by atoms with van der Waals surface area (Å²) in [7, 11) is 17.3. The molecule has 11 heteroatoms. The van der Waals surface area contributed by atoms with Crippen molar-refractivity contribution in [2.24, 2.45) is 0 Å². The van der Waals surface area contributed by atoms with E-state index >= 15 is 0 Å². The lowest BCUT2D eigenvalue weighted by atomic mass is 9.40. The van der Waals surface area contributed by atoms with Crippen molar-refractivity contribution in [3.63, 3.8) is 0 Å². The molecule has 1 amide bonds. The van der Waals surface area contributed by atoms with Gasteiger partial charge in [0.1, 0.15) is 0 Å². The van der Waals surface area contributed by atoms with Gasteiger partial charge in [-0.15, -0.1) is 15.3 Å². The fourth-order valence-corrected chi connectivity index (χ4v) is 3.56. The van der Waals surface area contributed by atoms with Crippen LogP contribution in [-0.4, -0.2) is 75.1 Å². The Morgan fingerprint density at radius 1 is 1.21 bits per heavy atom. The molecule has 6 nitrogen and oxygen atoms in total. The maximum Gasteiger partial charge on any atom is 0.282 e. The predicted octanol–water partition coefficient (Wildman–Crippen LogP) is 0.450. The Bertz CT molecular complexity index is 974. The summed E-state index contributed by atoms with van der Waals surface area (Å²) >= 11 is 0. The summed E-state index contributed by atoms with van der Waals surface area (Å²) in [4.78, 5) is 19.8. The molecule has 6 radical (unpaired) electrons. The number of nitrogens with zero attached hydrogens (tertiary/aromatic N) is 5. The topological polar surface area (TPSA) is 62.2 Å². The molecule has 2 aromatic heterocycles.